The molecule has 0 aliphatic heterocycles. The summed E-state index contributed by atoms with van der Waals surface area (Å²) in [6, 6.07) is 3.42. The van der Waals surface area contributed by atoms with Gasteiger partial charge in [-0.15, -0.1) is 0 Å². The van der Waals surface area contributed by atoms with E-state index in [0.29, 0.717) is 15.6 Å². The minimum absolute atomic E-state index is 0.373. The number of hydrogen-bond acceptors (Lipinski definition) is 2. The van der Waals surface area contributed by atoms with Gasteiger partial charge in [-0.25, -0.2) is 4.98 Å². The van der Waals surface area contributed by atoms with Crippen molar-refractivity contribution >= 4 is 27.0 Å². The first-order chi connectivity index (χ1) is 6.59. The summed E-state index contributed by atoms with van der Waals surface area (Å²) in [5, 5.41) is 0. The topological polar surface area (TPSA) is 26.0 Å². The van der Waals surface area contributed by atoms with Crippen molar-refractivity contribution in [3.05, 3.63) is 28.1 Å². The molecule has 0 amide bonds. The molecule has 1 aromatic heterocycles. The van der Waals surface area contributed by atoms with Crippen molar-refractivity contribution in [1.29, 1.82) is 0 Å². The average Bonchev–Trinajstić information content (AvgIpc) is 2.56. The number of fused-ring (bicyclic) bond motifs is 1. The van der Waals surface area contributed by atoms with Crippen LogP contribution in [-0.2, 0) is 0 Å². The number of benzene rings is 1. The smallest absolute Gasteiger partial charge is 0.313 e. The van der Waals surface area contributed by atoms with Crippen LogP contribution < -0.4 is 0 Å². The average molecular weight is 262 g/mol. The zero-order valence-electron chi connectivity index (χ0n) is 7.22. The van der Waals surface area contributed by atoms with E-state index < -0.39 is 12.3 Å². The van der Waals surface area contributed by atoms with Crippen molar-refractivity contribution in [2.75, 3.05) is 0 Å². The quantitative estimate of drug-likeness (QED) is 0.780. The van der Waals surface area contributed by atoms with Gasteiger partial charge in [-0.1, -0.05) is 6.07 Å². The maximum absolute atomic E-state index is 12.3. The maximum atomic E-state index is 12.3. The Labute approximate surface area is 87.1 Å². The number of aromatic nitrogens is 1. The van der Waals surface area contributed by atoms with Gasteiger partial charge in [-0.05, 0) is 34.5 Å². The Balaban J connectivity index is 2.71. The molecule has 1 aromatic carbocycles. The molecular weight excluding hydrogens is 256 g/mol. The van der Waals surface area contributed by atoms with Crippen molar-refractivity contribution in [3.63, 3.8) is 0 Å². The number of alkyl halides is 2. The summed E-state index contributed by atoms with van der Waals surface area (Å²) >= 11 is 3.28. The molecule has 0 saturated heterocycles. The number of oxazole rings is 1. The lowest BCUT2D eigenvalue weighted by molar-refractivity contribution is 0.117. The van der Waals surface area contributed by atoms with Gasteiger partial charge in [0.15, 0.2) is 5.58 Å². The summed E-state index contributed by atoms with van der Waals surface area (Å²) in [5.74, 6) is -0.536. The third kappa shape index (κ3) is 1.41. The van der Waals surface area contributed by atoms with Gasteiger partial charge in [0.05, 0.1) is 4.47 Å². The molecule has 0 N–H and O–H groups in total. The summed E-state index contributed by atoms with van der Waals surface area (Å²) in [6.07, 6.45) is -2.67. The fourth-order valence-corrected chi connectivity index (χ4v) is 1.59. The minimum atomic E-state index is -2.67. The third-order valence-corrected chi connectivity index (χ3v) is 2.90. The molecule has 2 aromatic rings. The number of nitrogens with zero attached hydrogens (tertiary/aromatic N) is 1. The van der Waals surface area contributed by atoms with Crippen LogP contribution >= 0.6 is 15.9 Å². The van der Waals surface area contributed by atoms with Crippen LogP contribution in [0, 0.1) is 6.92 Å². The van der Waals surface area contributed by atoms with E-state index in [2.05, 4.69) is 20.9 Å². The van der Waals surface area contributed by atoms with Crippen LogP contribution in [0.3, 0.4) is 0 Å². The van der Waals surface area contributed by atoms with Crippen LogP contribution in [0.25, 0.3) is 11.1 Å². The maximum Gasteiger partial charge on any atom is 0.313 e. The highest BCUT2D eigenvalue weighted by Crippen LogP contribution is 2.30. The van der Waals surface area contributed by atoms with Gasteiger partial charge in [0.1, 0.15) is 5.52 Å². The van der Waals surface area contributed by atoms with Gasteiger partial charge >= 0.3 is 6.43 Å². The lowest BCUT2D eigenvalue weighted by atomic mass is 10.2. The number of rotatable bonds is 1. The predicted octanol–water partition coefficient (Wildman–Crippen LogP) is 3.84. The second-order valence-electron chi connectivity index (χ2n) is 2.90. The fraction of sp³-hybridized carbons (Fsp3) is 0.222. The second kappa shape index (κ2) is 3.31. The Morgan fingerprint density at radius 1 is 1.43 bits per heavy atom. The summed E-state index contributed by atoms with van der Waals surface area (Å²) in [7, 11) is 0. The molecule has 74 valence electrons. The van der Waals surface area contributed by atoms with Gasteiger partial charge in [-0.2, -0.15) is 8.78 Å². The van der Waals surface area contributed by atoms with E-state index in [1.54, 1.807) is 12.1 Å². The second-order valence-corrected chi connectivity index (χ2v) is 3.69. The van der Waals surface area contributed by atoms with Crippen molar-refractivity contribution in [1.82, 2.24) is 4.98 Å². The zero-order valence-corrected chi connectivity index (χ0v) is 8.81. The van der Waals surface area contributed by atoms with Crippen LogP contribution in [0.5, 0.6) is 0 Å². The van der Waals surface area contributed by atoms with Crippen molar-refractivity contribution < 1.29 is 13.2 Å². The van der Waals surface area contributed by atoms with Gasteiger partial charge < -0.3 is 4.42 Å². The molecule has 0 spiro atoms. The van der Waals surface area contributed by atoms with E-state index in [4.69, 9.17) is 4.42 Å². The van der Waals surface area contributed by atoms with E-state index in [0.717, 1.165) is 5.56 Å². The highest BCUT2D eigenvalue weighted by molar-refractivity contribution is 9.10. The summed E-state index contributed by atoms with van der Waals surface area (Å²) in [6.45, 7) is 1.86. The Kier molecular flexibility index (Phi) is 2.26. The molecule has 0 aliphatic carbocycles. The van der Waals surface area contributed by atoms with Gasteiger partial charge in [0, 0.05) is 0 Å². The van der Waals surface area contributed by atoms with Gasteiger partial charge in [0.2, 0.25) is 0 Å². The Morgan fingerprint density at radius 2 is 2.14 bits per heavy atom. The Morgan fingerprint density at radius 3 is 2.79 bits per heavy atom. The normalized spacial score (nSPS) is 11.5. The summed E-state index contributed by atoms with van der Waals surface area (Å²) < 4.78 is 30.1. The van der Waals surface area contributed by atoms with Crippen LogP contribution in [0.4, 0.5) is 8.78 Å². The number of aryl methyl sites for hydroxylation is 1. The number of hydrogen-bond donors (Lipinski definition) is 0. The lowest BCUT2D eigenvalue weighted by Gasteiger charge is -1.94. The van der Waals surface area contributed by atoms with Crippen LogP contribution in [0.2, 0.25) is 0 Å². The molecule has 0 atom stereocenters. The zero-order chi connectivity index (χ0) is 10.3. The first-order valence-corrected chi connectivity index (χ1v) is 4.72. The van der Waals surface area contributed by atoms with Crippen molar-refractivity contribution in [3.8, 4) is 0 Å². The summed E-state index contributed by atoms with van der Waals surface area (Å²) in [5.41, 5.74) is 1.75. The molecule has 0 aliphatic rings. The molecule has 0 fully saturated rings. The molecule has 2 rings (SSSR count). The minimum Gasteiger partial charge on any atom is -0.435 e. The molecule has 0 saturated carbocycles. The lowest BCUT2D eigenvalue weighted by Crippen LogP contribution is -1.82. The van der Waals surface area contributed by atoms with Crippen LogP contribution in [0.1, 0.15) is 17.9 Å². The Bertz CT molecular complexity index is 481. The Hall–Kier alpha value is -0.970. The van der Waals surface area contributed by atoms with Crippen molar-refractivity contribution in [2.24, 2.45) is 0 Å². The van der Waals surface area contributed by atoms with Crippen LogP contribution in [0.15, 0.2) is 21.0 Å². The standard InChI is InChI=1S/C9H6BrF2NO/c1-4-2-3-5-7(6(4)10)13-9(14-5)8(11)12/h2-3,8H,1H3. The third-order valence-electron chi connectivity index (χ3n) is 1.90. The summed E-state index contributed by atoms with van der Waals surface area (Å²) in [4.78, 5) is 3.71. The molecule has 5 heteroatoms. The molecule has 1 heterocycles. The monoisotopic (exact) mass is 261 g/mol. The first-order valence-electron chi connectivity index (χ1n) is 3.93. The van der Waals surface area contributed by atoms with E-state index in [9.17, 15) is 8.78 Å². The molecule has 2 nitrogen and oxygen atoms in total. The van der Waals surface area contributed by atoms with Crippen LogP contribution in [-0.4, -0.2) is 4.98 Å². The van der Waals surface area contributed by atoms with E-state index in [-0.39, 0.29) is 0 Å². The molecule has 0 bridgehead atoms. The SMILES string of the molecule is Cc1ccc2oc(C(F)F)nc2c1Br. The van der Waals surface area contributed by atoms with Crippen molar-refractivity contribution in [2.45, 2.75) is 13.3 Å². The molecule has 0 radical (unpaired) electrons. The highest BCUT2D eigenvalue weighted by Gasteiger charge is 2.17. The van der Waals surface area contributed by atoms with Gasteiger partial charge in [0.25, 0.3) is 5.89 Å². The van der Waals surface area contributed by atoms with E-state index in [1.807, 2.05) is 6.92 Å². The highest BCUT2D eigenvalue weighted by atomic mass is 79.9. The first kappa shape index (κ1) is 9.58. The van der Waals surface area contributed by atoms with E-state index >= 15 is 0 Å². The predicted molar refractivity (Wildman–Crippen MR) is 51.4 cm³/mol. The van der Waals surface area contributed by atoms with E-state index in [1.165, 1.54) is 0 Å². The fourth-order valence-electron chi connectivity index (χ4n) is 1.17. The molecular formula is C9H6BrF2NO. The molecule has 0 unspecified atom stereocenters. The largest absolute Gasteiger partial charge is 0.435 e. The molecule has 14 heavy (non-hydrogen) atoms. The number of halogens is 3. The van der Waals surface area contributed by atoms with Gasteiger partial charge in [-0.3, -0.25) is 0 Å².